The van der Waals surface area contributed by atoms with E-state index in [1.165, 1.54) is 0 Å². The molecular weight excluding hydrogens is 219 g/mol. The van der Waals surface area contributed by atoms with Gasteiger partial charge in [0.15, 0.2) is 0 Å². The summed E-state index contributed by atoms with van der Waals surface area (Å²) in [6, 6.07) is 8.99. The van der Waals surface area contributed by atoms with E-state index in [0.29, 0.717) is 0 Å². The van der Waals surface area contributed by atoms with Crippen LogP contribution in [0.1, 0.15) is 18.1 Å². The Morgan fingerprint density at radius 3 is 2.31 bits per heavy atom. The highest BCUT2D eigenvalue weighted by atomic mass is 19.4. The molecule has 5 heteroatoms. The molecule has 0 aromatic heterocycles. The Morgan fingerprint density at radius 2 is 1.81 bits per heavy atom. The van der Waals surface area contributed by atoms with Gasteiger partial charge in [0, 0.05) is 6.54 Å². The second-order valence-corrected chi connectivity index (χ2v) is 3.37. The van der Waals surface area contributed by atoms with Crippen LogP contribution >= 0.6 is 0 Å². The third kappa shape index (κ3) is 4.63. The summed E-state index contributed by atoms with van der Waals surface area (Å²) in [6.07, 6.45) is -5.60. The van der Waals surface area contributed by atoms with E-state index < -0.39 is 18.7 Å². The van der Waals surface area contributed by atoms with Gasteiger partial charge in [0.05, 0.1) is 19.1 Å². The van der Waals surface area contributed by atoms with E-state index in [1.54, 1.807) is 24.3 Å². The quantitative estimate of drug-likeness (QED) is 0.848. The largest absolute Gasteiger partial charge is 0.391 e. The van der Waals surface area contributed by atoms with Crippen LogP contribution in [0.3, 0.4) is 0 Å². The highest BCUT2D eigenvalue weighted by Crippen LogP contribution is 2.22. The fraction of sp³-hybridized carbons (Fsp3) is 0.455. The molecule has 0 bridgehead atoms. The van der Waals surface area contributed by atoms with Crippen LogP contribution in [-0.2, 0) is 4.74 Å². The fourth-order valence-corrected chi connectivity index (χ4v) is 1.28. The topological polar surface area (TPSA) is 35.2 Å². The monoisotopic (exact) mass is 233 g/mol. The van der Waals surface area contributed by atoms with E-state index in [4.69, 9.17) is 10.5 Å². The van der Waals surface area contributed by atoms with Crippen LogP contribution in [0.5, 0.6) is 0 Å². The van der Waals surface area contributed by atoms with Gasteiger partial charge in [-0.15, -0.1) is 0 Å². The van der Waals surface area contributed by atoms with Crippen molar-refractivity contribution in [2.75, 3.05) is 13.2 Å². The van der Waals surface area contributed by atoms with Gasteiger partial charge in [0.1, 0.15) is 0 Å². The van der Waals surface area contributed by atoms with Crippen LogP contribution in [0, 0.1) is 0 Å². The molecular formula is C11H14F3NO. The summed E-state index contributed by atoms with van der Waals surface area (Å²) < 4.78 is 40.8. The fourth-order valence-electron chi connectivity index (χ4n) is 1.28. The summed E-state index contributed by atoms with van der Waals surface area (Å²) in [6.45, 7) is -0.192. The summed E-state index contributed by atoms with van der Waals surface area (Å²) in [5, 5.41) is 0. The number of ether oxygens (including phenoxy) is 1. The van der Waals surface area contributed by atoms with E-state index in [9.17, 15) is 13.2 Å². The van der Waals surface area contributed by atoms with E-state index in [0.717, 1.165) is 5.56 Å². The molecule has 0 aliphatic carbocycles. The molecule has 1 aromatic carbocycles. The van der Waals surface area contributed by atoms with Gasteiger partial charge >= 0.3 is 6.18 Å². The van der Waals surface area contributed by atoms with Gasteiger partial charge < -0.3 is 10.5 Å². The highest BCUT2D eigenvalue weighted by Gasteiger charge is 2.27. The minimum Gasteiger partial charge on any atom is -0.372 e. The standard InChI is InChI=1S/C11H14F3NO/c12-11(13,14)6-7-16-10(8-15)9-4-2-1-3-5-9/h1-5,10H,6-8,15H2. The van der Waals surface area contributed by atoms with Gasteiger partial charge in [-0.25, -0.2) is 0 Å². The lowest BCUT2D eigenvalue weighted by atomic mass is 10.1. The first-order valence-corrected chi connectivity index (χ1v) is 4.96. The van der Waals surface area contributed by atoms with Crippen LogP contribution in [0.2, 0.25) is 0 Å². The minimum absolute atomic E-state index is 0.169. The zero-order valence-corrected chi connectivity index (χ0v) is 8.70. The molecule has 0 aliphatic heterocycles. The third-order valence-corrected chi connectivity index (χ3v) is 2.09. The number of benzene rings is 1. The van der Waals surface area contributed by atoms with Crippen molar-refractivity contribution in [3.8, 4) is 0 Å². The Labute approximate surface area is 92.2 Å². The smallest absolute Gasteiger partial charge is 0.372 e. The normalized spacial score (nSPS) is 13.8. The minimum atomic E-state index is -4.18. The van der Waals surface area contributed by atoms with Gasteiger partial charge in [-0.1, -0.05) is 30.3 Å². The molecule has 1 aromatic rings. The average Bonchev–Trinajstić information content (AvgIpc) is 2.24. The molecule has 2 N–H and O–H groups in total. The number of alkyl halides is 3. The second-order valence-electron chi connectivity index (χ2n) is 3.37. The number of hydrogen-bond acceptors (Lipinski definition) is 2. The van der Waals surface area contributed by atoms with Crippen LogP contribution in [-0.4, -0.2) is 19.3 Å². The first-order valence-electron chi connectivity index (χ1n) is 4.96. The zero-order chi connectivity index (χ0) is 12.0. The van der Waals surface area contributed by atoms with Crippen molar-refractivity contribution in [1.82, 2.24) is 0 Å². The molecule has 16 heavy (non-hydrogen) atoms. The molecule has 0 spiro atoms. The van der Waals surface area contributed by atoms with Crippen LogP contribution in [0.4, 0.5) is 13.2 Å². The van der Waals surface area contributed by atoms with Crippen molar-refractivity contribution in [3.05, 3.63) is 35.9 Å². The molecule has 0 amide bonds. The van der Waals surface area contributed by atoms with Gasteiger partial charge in [-0.3, -0.25) is 0 Å². The maximum Gasteiger partial charge on any atom is 0.391 e. The maximum atomic E-state index is 11.9. The van der Waals surface area contributed by atoms with E-state index >= 15 is 0 Å². The predicted molar refractivity (Wildman–Crippen MR) is 54.9 cm³/mol. The van der Waals surface area contributed by atoms with E-state index in [1.807, 2.05) is 6.07 Å². The SMILES string of the molecule is NCC(OCCC(F)(F)F)c1ccccc1. The predicted octanol–water partition coefficient (Wildman–Crippen LogP) is 2.66. The average molecular weight is 233 g/mol. The first kappa shape index (κ1) is 13.0. The summed E-state index contributed by atoms with van der Waals surface area (Å²) in [7, 11) is 0. The molecule has 2 nitrogen and oxygen atoms in total. The Bertz CT molecular complexity index is 300. The van der Waals surface area contributed by atoms with Crippen molar-refractivity contribution in [2.45, 2.75) is 18.7 Å². The lowest BCUT2D eigenvalue weighted by Crippen LogP contribution is -2.19. The third-order valence-electron chi connectivity index (χ3n) is 2.09. The summed E-state index contributed by atoms with van der Waals surface area (Å²) in [5.74, 6) is 0. The molecule has 0 fully saturated rings. The van der Waals surface area contributed by atoms with Gasteiger partial charge in [0.2, 0.25) is 0 Å². The lowest BCUT2D eigenvalue weighted by molar-refractivity contribution is -0.149. The first-order chi connectivity index (χ1) is 7.53. The lowest BCUT2D eigenvalue weighted by Gasteiger charge is -2.16. The van der Waals surface area contributed by atoms with Gasteiger partial charge in [-0.05, 0) is 5.56 Å². The number of halogens is 3. The van der Waals surface area contributed by atoms with E-state index in [2.05, 4.69) is 0 Å². The summed E-state index contributed by atoms with van der Waals surface area (Å²) >= 11 is 0. The molecule has 1 rings (SSSR count). The van der Waals surface area contributed by atoms with Crippen molar-refractivity contribution >= 4 is 0 Å². The molecule has 0 saturated heterocycles. The van der Waals surface area contributed by atoms with Crippen LogP contribution < -0.4 is 5.73 Å². The van der Waals surface area contributed by atoms with Crippen molar-refractivity contribution in [1.29, 1.82) is 0 Å². The Morgan fingerprint density at radius 1 is 1.19 bits per heavy atom. The number of rotatable bonds is 5. The molecule has 0 radical (unpaired) electrons. The summed E-state index contributed by atoms with van der Waals surface area (Å²) in [5.41, 5.74) is 6.25. The van der Waals surface area contributed by atoms with Gasteiger partial charge in [0.25, 0.3) is 0 Å². The highest BCUT2D eigenvalue weighted by molar-refractivity contribution is 5.17. The van der Waals surface area contributed by atoms with Crippen LogP contribution in [0.15, 0.2) is 30.3 Å². The van der Waals surface area contributed by atoms with Crippen molar-refractivity contribution in [3.63, 3.8) is 0 Å². The number of hydrogen-bond donors (Lipinski definition) is 1. The molecule has 0 aliphatic rings. The second kappa shape index (κ2) is 5.86. The maximum absolute atomic E-state index is 11.9. The molecule has 1 atom stereocenters. The molecule has 90 valence electrons. The van der Waals surface area contributed by atoms with E-state index in [-0.39, 0.29) is 13.2 Å². The van der Waals surface area contributed by atoms with Crippen molar-refractivity contribution < 1.29 is 17.9 Å². The Balaban J connectivity index is 2.45. The molecule has 0 saturated carbocycles. The van der Waals surface area contributed by atoms with Gasteiger partial charge in [-0.2, -0.15) is 13.2 Å². The zero-order valence-electron chi connectivity index (χ0n) is 8.70. The van der Waals surface area contributed by atoms with Crippen LogP contribution in [0.25, 0.3) is 0 Å². The van der Waals surface area contributed by atoms with Crippen molar-refractivity contribution in [2.24, 2.45) is 5.73 Å². The number of nitrogens with two attached hydrogens (primary N) is 1. The summed E-state index contributed by atoms with van der Waals surface area (Å²) in [4.78, 5) is 0. The molecule has 0 heterocycles. The molecule has 1 unspecified atom stereocenters. The Hall–Kier alpha value is -1.07. The Kier molecular flexibility index (Phi) is 4.76.